The first-order valence-corrected chi connectivity index (χ1v) is 5.88. The van der Waals surface area contributed by atoms with Crippen molar-refractivity contribution in [2.75, 3.05) is 6.26 Å². The molecule has 0 aromatic rings. The normalized spacial score (nSPS) is 14.8. The van der Waals surface area contributed by atoms with Crippen molar-refractivity contribution in [3.63, 3.8) is 0 Å². The van der Waals surface area contributed by atoms with Gasteiger partial charge in [0.05, 0.1) is 0 Å². The molecule has 0 saturated carbocycles. The Hall–Kier alpha value is -0.570. The summed E-state index contributed by atoms with van der Waals surface area (Å²) in [7, 11) is 0. The minimum atomic E-state index is 0. The fourth-order valence-corrected chi connectivity index (χ4v) is 0.887. The molecule has 0 fully saturated rings. The van der Waals surface area contributed by atoms with Crippen molar-refractivity contribution in [1.29, 1.82) is 0 Å². The summed E-state index contributed by atoms with van der Waals surface area (Å²) in [6, 6.07) is 0. The van der Waals surface area contributed by atoms with Gasteiger partial charge in [-0.1, -0.05) is 19.9 Å². The van der Waals surface area contributed by atoms with Gasteiger partial charge >= 0.3 is 0 Å². The van der Waals surface area contributed by atoms with Crippen LogP contribution in [0.5, 0.6) is 0 Å². The van der Waals surface area contributed by atoms with Gasteiger partial charge in [0.15, 0.2) is 0 Å². The molecule has 0 aliphatic carbocycles. The lowest BCUT2D eigenvalue weighted by molar-refractivity contribution is -0.110. The lowest BCUT2D eigenvalue weighted by Gasteiger charge is -2.08. The average Bonchev–Trinajstić information content (AvgIpc) is 2.26. The highest BCUT2D eigenvalue weighted by Gasteiger charge is 2.07. The maximum Gasteiger partial charge on any atom is 0.145 e. The zero-order chi connectivity index (χ0) is 11.6. The van der Waals surface area contributed by atoms with E-state index in [0.29, 0.717) is 5.25 Å². The molecule has 0 aromatic heterocycles. The fraction of sp³-hybridized carbons (Fsp3) is 0.636. The van der Waals surface area contributed by atoms with E-state index in [1.54, 1.807) is 24.8 Å². The Balaban J connectivity index is -0.000000187. The summed E-state index contributed by atoms with van der Waals surface area (Å²) in [5.74, 6) is 0.199. The molecule has 0 spiro atoms. The first-order valence-electron chi connectivity index (χ1n) is 4.59. The highest BCUT2D eigenvalue weighted by molar-refractivity contribution is 7.99. The third-order valence-electron chi connectivity index (χ3n) is 1.97. The van der Waals surface area contributed by atoms with E-state index < -0.39 is 0 Å². The lowest BCUT2D eigenvalue weighted by atomic mass is 10.1. The van der Waals surface area contributed by atoms with E-state index in [1.807, 2.05) is 20.1 Å². The van der Waals surface area contributed by atoms with E-state index >= 15 is 0 Å². The number of carbonyl (C=O) groups is 2. The van der Waals surface area contributed by atoms with Crippen LogP contribution in [0.25, 0.3) is 0 Å². The highest BCUT2D eigenvalue weighted by Crippen LogP contribution is 2.13. The largest absolute Gasteiger partial charge is 0.303 e. The van der Waals surface area contributed by atoms with Gasteiger partial charge < -0.3 is 4.79 Å². The minimum Gasteiger partial charge on any atom is -0.303 e. The van der Waals surface area contributed by atoms with Crippen molar-refractivity contribution >= 4 is 24.3 Å². The van der Waals surface area contributed by atoms with Gasteiger partial charge in [0, 0.05) is 12.6 Å². The number of allylic oxidation sites excluding steroid dienone is 2. The molecule has 3 heteroatoms. The molecular weight excluding hydrogens is 196 g/mol. The zero-order valence-electron chi connectivity index (χ0n) is 9.61. The predicted octanol–water partition coefficient (Wildman–Crippen LogP) is 2.97. The molecule has 0 saturated heterocycles. The molecule has 0 radical (unpaired) electrons. The summed E-state index contributed by atoms with van der Waals surface area (Å²) < 4.78 is 0. The van der Waals surface area contributed by atoms with E-state index in [9.17, 15) is 9.59 Å². The van der Waals surface area contributed by atoms with Crippen molar-refractivity contribution in [3.8, 4) is 0 Å². The quantitative estimate of drug-likeness (QED) is 0.538. The van der Waals surface area contributed by atoms with Gasteiger partial charge in [-0.3, -0.25) is 4.79 Å². The van der Waals surface area contributed by atoms with Crippen LogP contribution in [-0.4, -0.2) is 24.1 Å². The molecule has 0 heterocycles. The highest BCUT2D eigenvalue weighted by atomic mass is 32.2. The Labute approximate surface area is 92.6 Å². The summed E-state index contributed by atoms with van der Waals surface area (Å²) in [6.07, 6.45) is 5.62. The molecular formula is C11H22O2S. The number of hydrogen-bond acceptors (Lipinski definition) is 3. The zero-order valence-corrected chi connectivity index (χ0v) is 10.4. The number of rotatable bonds is 4. The van der Waals surface area contributed by atoms with Crippen molar-refractivity contribution in [2.24, 2.45) is 5.92 Å². The van der Waals surface area contributed by atoms with Crippen LogP contribution < -0.4 is 0 Å². The predicted molar refractivity (Wildman–Crippen MR) is 65.8 cm³/mol. The standard InChI is InChI=1S/C6H12OS.C5H8O.H2/c1-5(4-7)6(2)8-3;1-3-5(2)4-6;/h4-6H,1-3H3;3-4H,1-2H3;1H/b;5-3+;/i;;1+1. The van der Waals surface area contributed by atoms with E-state index in [4.69, 9.17) is 0 Å². The molecule has 0 amide bonds. The molecule has 0 rings (SSSR count). The third kappa shape index (κ3) is 9.52. The third-order valence-corrected chi connectivity index (χ3v) is 3.14. The van der Waals surface area contributed by atoms with Gasteiger partial charge in [0.1, 0.15) is 12.6 Å². The minimum absolute atomic E-state index is 0. The topological polar surface area (TPSA) is 34.1 Å². The molecule has 2 atom stereocenters. The molecule has 0 N–H and O–H groups in total. The smallest absolute Gasteiger partial charge is 0.145 e. The Bertz CT molecular complexity index is 193. The van der Waals surface area contributed by atoms with Crippen LogP contribution in [-0.2, 0) is 9.59 Å². The second-order valence-corrected chi connectivity index (χ2v) is 4.30. The maximum absolute atomic E-state index is 10.1. The average molecular weight is 219 g/mol. The Morgan fingerprint density at radius 2 is 1.86 bits per heavy atom. The van der Waals surface area contributed by atoms with E-state index in [2.05, 4.69) is 6.92 Å². The van der Waals surface area contributed by atoms with Crippen molar-refractivity contribution in [2.45, 2.75) is 32.9 Å². The summed E-state index contributed by atoms with van der Waals surface area (Å²) >= 11 is 1.73. The van der Waals surface area contributed by atoms with Gasteiger partial charge in [0.2, 0.25) is 0 Å². The summed E-state index contributed by atoms with van der Waals surface area (Å²) in [4.78, 5) is 19.8. The van der Waals surface area contributed by atoms with Crippen LogP contribution >= 0.6 is 11.8 Å². The van der Waals surface area contributed by atoms with Crippen LogP contribution in [0.3, 0.4) is 0 Å². The Morgan fingerprint density at radius 3 is 1.93 bits per heavy atom. The molecule has 2 unspecified atom stereocenters. The van der Waals surface area contributed by atoms with Crippen LogP contribution in [0.15, 0.2) is 11.6 Å². The lowest BCUT2D eigenvalue weighted by Crippen LogP contribution is -2.09. The summed E-state index contributed by atoms with van der Waals surface area (Å²) in [6.45, 7) is 7.61. The first-order chi connectivity index (χ1) is 6.53. The Kier molecular flexibility index (Phi) is 11.9. The van der Waals surface area contributed by atoms with E-state index in [0.717, 1.165) is 18.1 Å². The number of hydrogen-bond donors (Lipinski definition) is 0. The van der Waals surface area contributed by atoms with Crippen molar-refractivity contribution in [1.82, 2.24) is 0 Å². The van der Waals surface area contributed by atoms with Gasteiger partial charge in [0.25, 0.3) is 0 Å². The van der Waals surface area contributed by atoms with Gasteiger partial charge in [-0.05, 0) is 25.7 Å². The monoisotopic (exact) mass is 219 g/mol. The van der Waals surface area contributed by atoms with E-state index in [1.165, 1.54) is 0 Å². The van der Waals surface area contributed by atoms with Gasteiger partial charge in [-0.2, -0.15) is 11.8 Å². The molecule has 2 nitrogen and oxygen atoms in total. The van der Waals surface area contributed by atoms with Crippen LogP contribution in [0.4, 0.5) is 0 Å². The molecule has 14 heavy (non-hydrogen) atoms. The number of aldehydes is 2. The molecule has 0 aliphatic heterocycles. The van der Waals surface area contributed by atoms with Crippen LogP contribution in [0.2, 0.25) is 0 Å². The van der Waals surface area contributed by atoms with Crippen LogP contribution in [0, 0.1) is 5.92 Å². The molecule has 0 bridgehead atoms. The summed E-state index contributed by atoms with van der Waals surface area (Å²) in [5.41, 5.74) is 0.787. The number of carbonyl (C=O) groups excluding carboxylic acids is 2. The molecule has 0 aliphatic rings. The Morgan fingerprint density at radius 1 is 1.36 bits per heavy atom. The van der Waals surface area contributed by atoms with Gasteiger partial charge in [-0.15, -0.1) is 0 Å². The first kappa shape index (κ1) is 15.9. The van der Waals surface area contributed by atoms with Gasteiger partial charge in [-0.25, -0.2) is 0 Å². The SMILES string of the molecule is C/C=C(\C)C=O.CSC(C)C(C)C=O.[2HH]. The molecule has 0 aromatic carbocycles. The second kappa shape index (κ2) is 10.5. The van der Waals surface area contributed by atoms with Crippen molar-refractivity contribution in [3.05, 3.63) is 11.6 Å². The van der Waals surface area contributed by atoms with Crippen molar-refractivity contribution < 1.29 is 11.0 Å². The fourth-order valence-electron chi connectivity index (χ4n) is 0.393. The second-order valence-electron chi connectivity index (χ2n) is 3.09. The summed E-state index contributed by atoms with van der Waals surface area (Å²) in [5, 5.41) is 0.465. The number of thioether (sulfide) groups is 1. The molecule has 84 valence electrons. The maximum atomic E-state index is 10.1. The van der Waals surface area contributed by atoms with E-state index in [-0.39, 0.29) is 7.34 Å². The van der Waals surface area contributed by atoms with Crippen LogP contribution in [0.1, 0.15) is 29.1 Å².